The smallest absolute Gasteiger partial charge is 0.0527 e. The number of aliphatic hydroxyl groups is 1. The van der Waals surface area contributed by atoms with Gasteiger partial charge in [-0.1, -0.05) is 40.5 Å². The summed E-state index contributed by atoms with van der Waals surface area (Å²) in [7, 11) is 3.70. The molecule has 0 saturated carbocycles. The van der Waals surface area contributed by atoms with Gasteiger partial charge in [0.1, 0.15) is 0 Å². The Kier molecular flexibility index (Phi) is 13.8. The first-order chi connectivity index (χ1) is 9.68. The van der Waals surface area contributed by atoms with E-state index >= 15 is 0 Å². The molecule has 7 heteroatoms. The highest BCUT2D eigenvalue weighted by molar-refractivity contribution is 8.76. The van der Waals surface area contributed by atoms with Crippen molar-refractivity contribution in [3.05, 3.63) is 10.4 Å². The number of unbranched alkanes of at least 4 members (excludes halogenated alkanes) is 1. The third-order valence-electron chi connectivity index (χ3n) is 3.04. The first-order valence-electron chi connectivity index (χ1n) is 7.12. The van der Waals surface area contributed by atoms with Crippen LogP contribution in [-0.4, -0.2) is 43.0 Å². The Bertz CT molecular complexity index is 276. The molecule has 0 bridgehead atoms. The fourth-order valence-corrected chi connectivity index (χ4v) is 4.19. The van der Waals surface area contributed by atoms with Gasteiger partial charge in [0.2, 0.25) is 0 Å². The van der Waals surface area contributed by atoms with Crippen LogP contribution >= 0.6 is 21.6 Å². The second kappa shape index (κ2) is 13.9. The van der Waals surface area contributed by atoms with Crippen LogP contribution in [0.15, 0.2) is 5.11 Å². The molecule has 0 amide bonds. The quantitative estimate of drug-likeness (QED) is 0.170. The van der Waals surface area contributed by atoms with E-state index in [1.165, 1.54) is 0 Å². The molecular formula is C13H27N3O2S2. The van der Waals surface area contributed by atoms with E-state index < -0.39 is 0 Å². The van der Waals surface area contributed by atoms with Gasteiger partial charge in [-0.15, -0.1) is 0 Å². The van der Waals surface area contributed by atoms with Crippen LogP contribution in [0.3, 0.4) is 0 Å². The van der Waals surface area contributed by atoms with Gasteiger partial charge in [-0.05, 0) is 31.2 Å². The zero-order valence-corrected chi connectivity index (χ0v) is 14.2. The molecule has 0 aromatic rings. The molecule has 0 heterocycles. The van der Waals surface area contributed by atoms with Crippen LogP contribution in [0.1, 0.15) is 39.5 Å². The van der Waals surface area contributed by atoms with Crippen molar-refractivity contribution in [2.45, 2.75) is 39.5 Å². The van der Waals surface area contributed by atoms with Crippen molar-refractivity contribution in [1.82, 2.24) is 0 Å². The third-order valence-corrected chi connectivity index (χ3v) is 5.83. The van der Waals surface area contributed by atoms with Crippen LogP contribution < -0.4 is 0 Å². The zero-order chi connectivity index (χ0) is 15.1. The van der Waals surface area contributed by atoms with Crippen LogP contribution in [0.2, 0.25) is 0 Å². The molecular weight excluding hydrogens is 294 g/mol. The molecule has 1 unspecified atom stereocenters. The molecule has 0 aromatic heterocycles. The van der Waals surface area contributed by atoms with Crippen molar-refractivity contribution in [3.63, 3.8) is 0 Å². The molecule has 0 aliphatic heterocycles. The number of ether oxygens (including phenoxy) is 1. The number of azide groups is 1. The predicted octanol–water partition coefficient (Wildman–Crippen LogP) is 4.27. The highest BCUT2D eigenvalue weighted by Gasteiger charge is 2.22. The maximum Gasteiger partial charge on any atom is 0.0527 e. The maximum atomic E-state index is 8.72. The van der Waals surface area contributed by atoms with E-state index in [1.807, 2.05) is 21.6 Å². The predicted molar refractivity (Wildman–Crippen MR) is 89.1 cm³/mol. The van der Waals surface area contributed by atoms with Crippen molar-refractivity contribution < 1.29 is 9.84 Å². The van der Waals surface area contributed by atoms with Gasteiger partial charge in [-0.3, -0.25) is 0 Å². The summed E-state index contributed by atoms with van der Waals surface area (Å²) in [6.45, 7) is 6.80. The summed E-state index contributed by atoms with van der Waals surface area (Å²) in [6, 6.07) is 0. The number of hydrogen-bond donors (Lipinski definition) is 1. The Morgan fingerprint density at radius 3 is 2.75 bits per heavy atom. The summed E-state index contributed by atoms with van der Waals surface area (Å²) >= 11 is 0. The largest absolute Gasteiger partial charge is 0.396 e. The van der Waals surface area contributed by atoms with Crippen molar-refractivity contribution in [3.8, 4) is 0 Å². The molecule has 0 fully saturated rings. The topological polar surface area (TPSA) is 78.2 Å². The molecule has 0 aliphatic carbocycles. The summed E-state index contributed by atoms with van der Waals surface area (Å²) < 4.78 is 5.75. The molecule has 20 heavy (non-hydrogen) atoms. The summed E-state index contributed by atoms with van der Waals surface area (Å²) in [4.78, 5) is 2.72. The van der Waals surface area contributed by atoms with Gasteiger partial charge in [-0.2, -0.15) is 0 Å². The van der Waals surface area contributed by atoms with Gasteiger partial charge >= 0.3 is 0 Å². The molecule has 5 nitrogen and oxygen atoms in total. The second-order valence-electron chi connectivity index (χ2n) is 5.04. The summed E-state index contributed by atoms with van der Waals surface area (Å²) in [5.41, 5.74) is 8.36. The molecule has 0 rings (SSSR count). The van der Waals surface area contributed by atoms with Gasteiger partial charge in [-0.25, -0.2) is 0 Å². The first-order valence-corrected chi connectivity index (χ1v) is 9.61. The number of hydrogen-bond acceptors (Lipinski definition) is 5. The van der Waals surface area contributed by atoms with E-state index in [4.69, 9.17) is 15.4 Å². The van der Waals surface area contributed by atoms with Gasteiger partial charge in [0, 0.05) is 41.6 Å². The Morgan fingerprint density at radius 1 is 1.30 bits per heavy atom. The van der Waals surface area contributed by atoms with Crippen LogP contribution in [0, 0.1) is 5.41 Å². The van der Waals surface area contributed by atoms with Crippen molar-refractivity contribution >= 4 is 21.6 Å². The molecule has 118 valence electrons. The molecule has 1 N–H and O–H groups in total. The summed E-state index contributed by atoms with van der Waals surface area (Å²) in [6.07, 6.45) is 3.79. The SMILES string of the molecule is CCC(C)(COCCCCN=[N+]=[N-])CSSCCCO. The van der Waals surface area contributed by atoms with Gasteiger partial charge in [0.05, 0.1) is 6.61 Å². The molecule has 0 aliphatic rings. The molecule has 0 saturated heterocycles. The van der Waals surface area contributed by atoms with Gasteiger partial charge in [0.25, 0.3) is 0 Å². The minimum absolute atomic E-state index is 0.210. The Labute approximate surface area is 130 Å². The number of nitrogens with zero attached hydrogens (tertiary/aromatic N) is 3. The standard InChI is InChI=1S/C13H27N3O2S2/c1-3-13(2,12-20-19-10-6-8-17)11-18-9-5-4-7-15-16-14/h17H,3-12H2,1-2H3. The minimum atomic E-state index is 0.210. The van der Waals surface area contributed by atoms with Gasteiger partial charge < -0.3 is 9.84 Å². The Hall–Kier alpha value is -0.0700. The van der Waals surface area contributed by atoms with E-state index in [1.54, 1.807) is 0 Å². The average molecular weight is 322 g/mol. The fourth-order valence-electron chi connectivity index (χ4n) is 1.36. The van der Waals surface area contributed by atoms with Crippen LogP contribution in [-0.2, 0) is 4.74 Å². The fraction of sp³-hybridized carbons (Fsp3) is 1.00. The van der Waals surface area contributed by atoms with E-state index in [0.29, 0.717) is 6.54 Å². The van der Waals surface area contributed by atoms with E-state index in [9.17, 15) is 0 Å². The van der Waals surface area contributed by atoms with Crippen molar-refractivity contribution in [1.29, 1.82) is 0 Å². The van der Waals surface area contributed by atoms with Crippen molar-refractivity contribution in [2.75, 3.05) is 37.9 Å². The highest BCUT2D eigenvalue weighted by atomic mass is 33.1. The lowest BCUT2D eigenvalue weighted by Crippen LogP contribution is -2.25. The average Bonchev–Trinajstić information content (AvgIpc) is 2.46. The Balaban J connectivity index is 3.63. The normalized spacial score (nSPS) is 13.8. The zero-order valence-electron chi connectivity index (χ0n) is 12.6. The number of rotatable bonds is 14. The van der Waals surface area contributed by atoms with E-state index in [0.717, 1.165) is 50.4 Å². The Morgan fingerprint density at radius 2 is 2.10 bits per heavy atom. The van der Waals surface area contributed by atoms with Crippen LogP contribution in [0.5, 0.6) is 0 Å². The van der Waals surface area contributed by atoms with E-state index in [-0.39, 0.29) is 12.0 Å². The lowest BCUT2D eigenvalue weighted by molar-refractivity contribution is 0.0609. The van der Waals surface area contributed by atoms with E-state index in [2.05, 4.69) is 23.9 Å². The van der Waals surface area contributed by atoms with Crippen LogP contribution in [0.4, 0.5) is 0 Å². The summed E-state index contributed by atoms with van der Waals surface area (Å²) in [5.74, 6) is 2.07. The lowest BCUT2D eigenvalue weighted by Gasteiger charge is -2.27. The molecule has 0 radical (unpaired) electrons. The second-order valence-corrected chi connectivity index (χ2v) is 7.62. The number of aliphatic hydroxyl groups excluding tert-OH is 1. The van der Waals surface area contributed by atoms with Gasteiger partial charge in [0.15, 0.2) is 0 Å². The highest BCUT2D eigenvalue weighted by Crippen LogP contribution is 2.33. The maximum absolute atomic E-state index is 8.72. The minimum Gasteiger partial charge on any atom is -0.396 e. The molecule has 1 atom stereocenters. The van der Waals surface area contributed by atoms with Crippen LogP contribution in [0.25, 0.3) is 10.4 Å². The monoisotopic (exact) mass is 321 g/mol. The molecule has 0 spiro atoms. The summed E-state index contributed by atoms with van der Waals surface area (Å²) in [5, 5.41) is 12.2. The first kappa shape index (κ1) is 19.9. The third kappa shape index (κ3) is 11.7. The lowest BCUT2D eigenvalue weighted by atomic mass is 9.91. The molecule has 0 aromatic carbocycles. The van der Waals surface area contributed by atoms with Crippen molar-refractivity contribution in [2.24, 2.45) is 10.5 Å².